The van der Waals surface area contributed by atoms with Crippen LogP contribution in [-0.2, 0) is 15.3 Å². The molecule has 0 spiro atoms. The Labute approximate surface area is 167 Å². The Morgan fingerprint density at radius 3 is 2.00 bits per heavy atom. The van der Waals surface area contributed by atoms with E-state index in [0.717, 1.165) is 0 Å². The zero-order chi connectivity index (χ0) is 20.9. The molecule has 0 aromatic heterocycles. The van der Waals surface area contributed by atoms with Gasteiger partial charge < -0.3 is 19.3 Å². The molecule has 0 saturated heterocycles. The summed E-state index contributed by atoms with van der Waals surface area (Å²) in [5, 5.41) is 10.0. The molecule has 0 bridgehead atoms. The molecule has 0 aliphatic carbocycles. The molecule has 0 aliphatic rings. The van der Waals surface area contributed by atoms with Crippen molar-refractivity contribution in [2.45, 2.75) is 65.6 Å². The van der Waals surface area contributed by atoms with Crippen LogP contribution in [0.15, 0.2) is 48.5 Å². The lowest BCUT2D eigenvalue weighted by Gasteiger charge is -2.36. The second kappa shape index (κ2) is 9.22. The van der Waals surface area contributed by atoms with Gasteiger partial charge in [-0.15, -0.1) is 0 Å². The van der Waals surface area contributed by atoms with E-state index in [-0.39, 0.29) is 29.8 Å². The van der Waals surface area contributed by atoms with E-state index in [1.54, 1.807) is 36.4 Å². The second-order valence-corrected chi connectivity index (χ2v) is 7.49. The van der Waals surface area contributed by atoms with Crippen molar-refractivity contribution < 1.29 is 24.1 Å². The van der Waals surface area contributed by atoms with Crippen molar-refractivity contribution in [2.24, 2.45) is 0 Å². The average molecular weight is 386 g/mol. The molecule has 2 aromatic carbocycles. The molecule has 152 valence electrons. The maximum absolute atomic E-state index is 13.8. The van der Waals surface area contributed by atoms with Crippen LogP contribution in [0, 0.1) is 0 Å². The van der Waals surface area contributed by atoms with Crippen LogP contribution in [0.25, 0.3) is 0 Å². The van der Waals surface area contributed by atoms with Gasteiger partial charge in [0, 0.05) is 5.56 Å². The van der Waals surface area contributed by atoms with Gasteiger partial charge >= 0.3 is 0 Å². The van der Waals surface area contributed by atoms with Gasteiger partial charge in [0.15, 0.2) is 0 Å². The molecule has 0 fully saturated rings. The summed E-state index contributed by atoms with van der Waals surface area (Å²) in [6.07, 6.45) is -0.701. The number of carbonyl (C=O) groups excluding carboxylic acids is 1. The number of aromatic hydroxyl groups is 1. The average Bonchev–Trinajstić information content (AvgIpc) is 2.59. The van der Waals surface area contributed by atoms with E-state index in [9.17, 15) is 9.90 Å². The fourth-order valence-electron chi connectivity index (χ4n) is 2.96. The van der Waals surface area contributed by atoms with Gasteiger partial charge in [-0.1, -0.05) is 24.3 Å². The number of para-hydroxylation sites is 1. The number of rotatable bonds is 9. The minimum Gasteiger partial charge on any atom is -0.508 e. The molecule has 0 radical (unpaired) electrons. The molecule has 2 rings (SSSR count). The van der Waals surface area contributed by atoms with Crippen LogP contribution in [0.5, 0.6) is 11.5 Å². The zero-order valence-electron chi connectivity index (χ0n) is 17.4. The van der Waals surface area contributed by atoms with Gasteiger partial charge in [0.25, 0.3) is 5.79 Å². The van der Waals surface area contributed by atoms with E-state index in [2.05, 4.69) is 0 Å². The van der Waals surface area contributed by atoms with Crippen molar-refractivity contribution in [1.29, 1.82) is 0 Å². The number of hydrogen-bond acceptors (Lipinski definition) is 5. The number of phenolic OH excluding ortho intramolecular Hbond substituents is 1. The topological polar surface area (TPSA) is 65.0 Å². The van der Waals surface area contributed by atoms with Crippen molar-refractivity contribution in [3.05, 3.63) is 59.7 Å². The van der Waals surface area contributed by atoms with Crippen LogP contribution in [-0.4, -0.2) is 29.2 Å². The maximum Gasteiger partial charge on any atom is 0.262 e. The van der Waals surface area contributed by atoms with Gasteiger partial charge in [0.2, 0.25) is 5.78 Å². The molecular weight excluding hydrogens is 356 g/mol. The van der Waals surface area contributed by atoms with E-state index >= 15 is 0 Å². The number of phenols is 1. The maximum atomic E-state index is 13.8. The van der Waals surface area contributed by atoms with Gasteiger partial charge in [-0.3, -0.25) is 4.79 Å². The van der Waals surface area contributed by atoms with Crippen molar-refractivity contribution in [2.75, 3.05) is 0 Å². The number of benzene rings is 2. The summed E-state index contributed by atoms with van der Waals surface area (Å²) in [4.78, 5) is 13.8. The summed E-state index contributed by atoms with van der Waals surface area (Å²) in [7, 11) is 0. The number of Topliss-reactive ketones (excluding diaryl/α,β-unsaturated/α-hetero) is 1. The molecule has 0 unspecified atom stereocenters. The molecule has 28 heavy (non-hydrogen) atoms. The molecule has 0 heterocycles. The van der Waals surface area contributed by atoms with Crippen LogP contribution in [0.4, 0.5) is 0 Å². The van der Waals surface area contributed by atoms with Crippen LogP contribution >= 0.6 is 0 Å². The van der Waals surface area contributed by atoms with E-state index in [0.29, 0.717) is 16.9 Å². The number of carbonyl (C=O) groups is 1. The Morgan fingerprint density at radius 2 is 1.46 bits per heavy atom. The second-order valence-electron chi connectivity index (χ2n) is 7.49. The molecule has 0 aliphatic heterocycles. The van der Waals surface area contributed by atoms with E-state index in [4.69, 9.17) is 14.2 Å². The summed E-state index contributed by atoms with van der Waals surface area (Å²) in [5.74, 6) is -1.60. The molecule has 0 amide bonds. The quantitative estimate of drug-likeness (QED) is 0.482. The molecule has 2 aromatic rings. The Hall–Kier alpha value is -2.37. The van der Waals surface area contributed by atoms with Crippen LogP contribution in [0.2, 0.25) is 0 Å². The molecule has 5 heteroatoms. The van der Waals surface area contributed by atoms with E-state index in [1.807, 2.05) is 47.6 Å². The lowest BCUT2D eigenvalue weighted by atomic mass is 9.94. The predicted molar refractivity (Wildman–Crippen MR) is 109 cm³/mol. The SMILES string of the molecule is CC(C)Oc1ccccc1C(=O)C(OC(C)C)(OC(C)C)c1cccc(O)c1. The van der Waals surface area contributed by atoms with Gasteiger partial charge in [-0.05, 0) is 65.8 Å². The van der Waals surface area contributed by atoms with Gasteiger partial charge in [0.1, 0.15) is 11.5 Å². The van der Waals surface area contributed by atoms with Crippen LogP contribution < -0.4 is 4.74 Å². The minimum absolute atomic E-state index is 0.0288. The highest BCUT2D eigenvalue weighted by Crippen LogP contribution is 2.38. The Balaban J connectivity index is 2.68. The van der Waals surface area contributed by atoms with Crippen molar-refractivity contribution in [3.63, 3.8) is 0 Å². The van der Waals surface area contributed by atoms with Crippen molar-refractivity contribution in [3.8, 4) is 11.5 Å². The Bertz CT molecular complexity index is 785. The van der Waals surface area contributed by atoms with Gasteiger partial charge in [0.05, 0.1) is 23.9 Å². The lowest BCUT2D eigenvalue weighted by molar-refractivity contribution is -0.242. The predicted octanol–water partition coefficient (Wildman–Crippen LogP) is 5.07. The zero-order valence-corrected chi connectivity index (χ0v) is 17.4. The summed E-state index contributed by atoms with van der Waals surface area (Å²) < 4.78 is 18.1. The third kappa shape index (κ3) is 5.12. The molecule has 5 nitrogen and oxygen atoms in total. The van der Waals surface area contributed by atoms with Crippen molar-refractivity contribution >= 4 is 5.78 Å². The molecule has 1 N–H and O–H groups in total. The number of ketones is 1. The smallest absolute Gasteiger partial charge is 0.262 e. The van der Waals surface area contributed by atoms with E-state index in [1.165, 1.54) is 6.07 Å². The summed E-state index contributed by atoms with van der Waals surface area (Å²) in [6, 6.07) is 13.5. The highest BCUT2D eigenvalue weighted by Gasteiger charge is 2.46. The summed E-state index contributed by atoms with van der Waals surface area (Å²) >= 11 is 0. The standard InChI is InChI=1S/C23H30O5/c1-15(2)26-21-13-8-7-12-20(21)22(25)23(27-16(3)4,28-17(5)6)18-10-9-11-19(24)14-18/h7-17,24H,1-6H3. The third-order valence-electron chi connectivity index (χ3n) is 3.82. The van der Waals surface area contributed by atoms with Gasteiger partial charge in [-0.25, -0.2) is 0 Å². The fraction of sp³-hybridized carbons (Fsp3) is 0.435. The Morgan fingerprint density at radius 1 is 0.857 bits per heavy atom. The third-order valence-corrected chi connectivity index (χ3v) is 3.82. The number of hydrogen-bond donors (Lipinski definition) is 1. The van der Waals surface area contributed by atoms with Crippen LogP contribution in [0.1, 0.15) is 57.5 Å². The van der Waals surface area contributed by atoms with Crippen LogP contribution in [0.3, 0.4) is 0 Å². The molecule has 0 atom stereocenters. The minimum atomic E-state index is -1.71. The monoisotopic (exact) mass is 386 g/mol. The summed E-state index contributed by atoms with van der Waals surface area (Å²) in [6.45, 7) is 11.2. The van der Waals surface area contributed by atoms with Crippen molar-refractivity contribution in [1.82, 2.24) is 0 Å². The largest absolute Gasteiger partial charge is 0.508 e. The Kier molecular flexibility index (Phi) is 7.22. The molecular formula is C23H30O5. The number of ether oxygens (including phenoxy) is 3. The first-order valence-corrected chi connectivity index (χ1v) is 9.61. The lowest BCUT2D eigenvalue weighted by Crippen LogP contribution is -2.45. The normalized spacial score (nSPS) is 12.0. The first-order valence-electron chi connectivity index (χ1n) is 9.61. The fourth-order valence-corrected chi connectivity index (χ4v) is 2.96. The molecule has 0 saturated carbocycles. The summed E-state index contributed by atoms with van der Waals surface area (Å²) in [5.41, 5.74) is 0.792. The first-order chi connectivity index (χ1) is 13.2. The first kappa shape index (κ1) is 21.9. The van der Waals surface area contributed by atoms with E-state index < -0.39 is 5.79 Å². The highest BCUT2D eigenvalue weighted by molar-refractivity contribution is 6.04. The highest BCUT2D eigenvalue weighted by atomic mass is 16.7. The van der Waals surface area contributed by atoms with Gasteiger partial charge in [-0.2, -0.15) is 0 Å².